The van der Waals surface area contributed by atoms with Gasteiger partial charge >= 0.3 is 5.69 Å². The van der Waals surface area contributed by atoms with Crippen molar-refractivity contribution in [2.24, 2.45) is 0 Å². The number of aliphatic hydroxyl groups is 2. The Balaban J connectivity index is 2.35. The first kappa shape index (κ1) is 12.4. The fourth-order valence-electron chi connectivity index (χ4n) is 1.71. The van der Waals surface area contributed by atoms with Crippen LogP contribution in [0.25, 0.3) is 0 Å². The standard InChI is InChI=1S/C9H11FN2O4S/c10-6-4(3-13)16-8(7(6)14)12-2-1-5(17)11-9(12)15/h1-2,4,6-8,13-14H,3H2,(H,11,15,17)/t4-,6?,7?,8-/m0/s1. The molecule has 0 aliphatic carbocycles. The summed E-state index contributed by atoms with van der Waals surface area (Å²) < 4.78 is 19.8. The maximum atomic E-state index is 13.4. The molecular formula is C9H11FN2O4S. The first-order valence-corrected chi connectivity index (χ1v) is 5.35. The Morgan fingerprint density at radius 2 is 2.35 bits per heavy atom. The quantitative estimate of drug-likeness (QED) is 0.625. The molecule has 6 nitrogen and oxygen atoms in total. The van der Waals surface area contributed by atoms with Crippen molar-refractivity contribution < 1.29 is 19.3 Å². The second-order valence-corrected chi connectivity index (χ2v) is 4.14. The molecule has 0 aromatic carbocycles. The average molecular weight is 262 g/mol. The molecule has 1 aromatic heterocycles. The zero-order chi connectivity index (χ0) is 12.6. The van der Waals surface area contributed by atoms with Gasteiger partial charge in [-0.2, -0.15) is 0 Å². The Morgan fingerprint density at radius 1 is 1.65 bits per heavy atom. The summed E-state index contributed by atoms with van der Waals surface area (Å²) >= 11 is 4.75. The van der Waals surface area contributed by atoms with Crippen LogP contribution in [-0.4, -0.2) is 44.8 Å². The first-order valence-electron chi connectivity index (χ1n) is 4.94. The number of halogens is 1. The highest BCUT2D eigenvalue weighted by atomic mass is 32.1. The van der Waals surface area contributed by atoms with Crippen LogP contribution in [-0.2, 0) is 4.74 Å². The lowest BCUT2D eigenvalue weighted by Crippen LogP contribution is -2.34. The van der Waals surface area contributed by atoms with E-state index < -0.39 is 36.9 Å². The number of alkyl halides is 1. The van der Waals surface area contributed by atoms with E-state index in [1.54, 1.807) is 0 Å². The molecule has 2 heterocycles. The topological polar surface area (TPSA) is 87.5 Å². The maximum absolute atomic E-state index is 13.4. The summed E-state index contributed by atoms with van der Waals surface area (Å²) in [4.78, 5) is 13.9. The number of rotatable bonds is 2. The molecule has 17 heavy (non-hydrogen) atoms. The summed E-state index contributed by atoms with van der Waals surface area (Å²) in [6, 6.07) is 1.42. The van der Waals surface area contributed by atoms with Gasteiger partial charge in [-0.05, 0) is 6.07 Å². The van der Waals surface area contributed by atoms with E-state index in [-0.39, 0.29) is 4.64 Å². The summed E-state index contributed by atoms with van der Waals surface area (Å²) in [6.45, 7) is -0.563. The molecule has 1 aliphatic rings. The zero-order valence-electron chi connectivity index (χ0n) is 8.62. The number of hydrogen-bond acceptors (Lipinski definition) is 5. The highest BCUT2D eigenvalue weighted by Crippen LogP contribution is 2.29. The monoisotopic (exact) mass is 262 g/mol. The average Bonchev–Trinajstić information content (AvgIpc) is 2.57. The number of nitrogens with one attached hydrogen (secondary N) is 1. The van der Waals surface area contributed by atoms with Gasteiger partial charge in [0.2, 0.25) is 0 Å². The Morgan fingerprint density at radius 3 is 2.88 bits per heavy atom. The Kier molecular flexibility index (Phi) is 3.38. The van der Waals surface area contributed by atoms with Gasteiger partial charge in [0.15, 0.2) is 12.4 Å². The molecule has 2 unspecified atom stereocenters. The predicted molar refractivity (Wildman–Crippen MR) is 57.8 cm³/mol. The van der Waals surface area contributed by atoms with E-state index in [0.717, 1.165) is 4.57 Å². The van der Waals surface area contributed by atoms with Gasteiger partial charge in [0.1, 0.15) is 16.8 Å². The summed E-state index contributed by atoms with van der Waals surface area (Å²) in [7, 11) is 0. The van der Waals surface area contributed by atoms with Crippen LogP contribution in [0.1, 0.15) is 6.23 Å². The molecule has 1 saturated heterocycles. The SMILES string of the molecule is O=c1[nH]c(=S)ccn1[C@H]1O[C@@H](CO)C(F)C1O. The van der Waals surface area contributed by atoms with Crippen LogP contribution in [0.5, 0.6) is 0 Å². The van der Waals surface area contributed by atoms with Crippen LogP contribution in [0.15, 0.2) is 17.1 Å². The number of hydrogen-bond donors (Lipinski definition) is 3. The van der Waals surface area contributed by atoms with Gasteiger partial charge in [-0.25, -0.2) is 9.18 Å². The molecule has 0 saturated carbocycles. The molecule has 1 fully saturated rings. The minimum Gasteiger partial charge on any atom is -0.394 e. The Hall–Kier alpha value is -1.09. The van der Waals surface area contributed by atoms with Crippen LogP contribution in [0.2, 0.25) is 0 Å². The van der Waals surface area contributed by atoms with E-state index in [1.807, 2.05) is 0 Å². The van der Waals surface area contributed by atoms with E-state index in [9.17, 15) is 14.3 Å². The van der Waals surface area contributed by atoms with Crippen LogP contribution in [0, 0.1) is 4.64 Å². The maximum Gasteiger partial charge on any atom is 0.328 e. The van der Waals surface area contributed by atoms with Crippen molar-refractivity contribution in [1.82, 2.24) is 9.55 Å². The smallest absolute Gasteiger partial charge is 0.328 e. The van der Waals surface area contributed by atoms with Crippen molar-refractivity contribution in [2.45, 2.75) is 24.6 Å². The molecule has 1 aromatic rings. The molecule has 0 radical (unpaired) electrons. The minimum absolute atomic E-state index is 0.231. The van der Waals surface area contributed by atoms with Crippen molar-refractivity contribution in [2.75, 3.05) is 6.61 Å². The lowest BCUT2D eigenvalue weighted by atomic mass is 10.1. The number of aromatic amines is 1. The Labute approximate surface area is 100 Å². The summed E-state index contributed by atoms with van der Waals surface area (Å²) in [5.41, 5.74) is -0.604. The van der Waals surface area contributed by atoms with Crippen molar-refractivity contribution in [1.29, 1.82) is 0 Å². The van der Waals surface area contributed by atoms with Crippen molar-refractivity contribution in [3.63, 3.8) is 0 Å². The molecule has 0 spiro atoms. The summed E-state index contributed by atoms with van der Waals surface area (Å²) in [6.07, 6.45) is -4.23. The van der Waals surface area contributed by atoms with Crippen LogP contribution < -0.4 is 5.69 Å². The normalized spacial score (nSPS) is 32.9. The van der Waals surface area contributed by atoms with E-state index in [4.69, 9.17) is 22.1 Å². The van der Waals surface area contributed by atoms with Gasteiger partial charge < -0.3 is 14.9 Å². The minimum atomic E-state index is -1.74. The lowest BCUT2D eigenvalue weighted by Gasteiger charge is -2.16. The number of ether oxygens (including phenoxy) is 1. The first-order chi connectivity index (χ1) is 8.04. The van der Waals surface area contributed by atoms with Gasteiger partial charge in [0, 0.05) is 6.20 Å². The molecule has 0 bridgehead atoms. The zero-order valence-corrected chi connectivity index (χ0v) is 9.43. The number of aliphatic hydroxyl groups excluding tert-OH is 2. The third-order valence-corrected chi connectivity index (χ3v) is 2.83. The van der Waals surface area contributed by atoms with Crippen molar-refractivity contribution in [3.05, 3.63) is 27.4 Å². The Bertz CT molecular complexity index is 516. The van der Waals surface area contributed by atoms with E-state index in [2.05, 4.69) is 4.98 Å². The van der Waals surface area contributed by atoms with Crippen LogP contribution in [0.3, 0.4) is 0 Å². The van der Waals surface area contributed by atoms with E-state index >= 15 is 0 Å². The predicted octanol–water partition coefficient (Wildman–Crippen LogP) is -0.505. The summed E-state index contributed by atoms with van der Waals surface area (Å²) in [5.74, 6) is 0. The van der Waals surface area contributed by atoms with Gasteiger partial charge in [-0.1, -0.05) is 12.2 Å². The highest BCUT2D eigenvalue weighted by molar-refractivity contribution is 7.71. The number of nitrogens with zero attached hydrogens (tertiary/aromatic N) is 1. The third-order valence-electron chi connectivity index (χ3n) is 2.59. The highest BCUT2D eigenvalue weighted by Gasteiger charge is 2.45. The van der Waals surface area contributed by atoms with E-state index in [1.165, 1.54) is 12.3 Å². The van der Waals surface area contributed by atoms with E-state index in [0.29, 0.717) is 0 Å². The molecular weight excluding hydrogens is 251 g/mol. The van der Waals surface area contributed by atoms with Gasteiger partial charge in [-0.3, -0.25) is 9.55 Å². The molecule has 3 N–H and O–H groups in total. The van der Waals surface area contributed by atoms with Gasteiger partial charge in [0.05, 0.1) is 6.61 Å². The second kappa shape index (κ2) is 4.65. The van der Waals surface area contributed by atoms with Crippen LogP contribution in [0.4, 0.5) is 4.39 Å². The molecule has 0 amide bonds. The van der Waals surface area contributed by atoms with Crippen molar-refractivity contribution >= 4 is 12.2 Å². The fourth-order valence-corrected chi connectivity index (χ4v) is 1.86. The van der Waals surface area contributed by atoms with Gasteiger partial charge in [0.25, 0.3) is 0 Å². The lowest BCUT2D eigenvalue weighted by molar-refractivity contribution is -0.0537. The largest absolute Gasteiger partial charge is 0.394 e. The molecule has 1 aliphatic heterocycles. The van der Waals surface area contributed by atoms with Gasteiger partial charge in [-0.15, -0.1) is 0 Å². The molecule has 2 rings (SSSR count). The van der Waals surface area contributed by atoms with Crippen molar-refractivity contribution in [3.8, 4) is 0 Å². The van der Waals surface area contributed by atoms with Crippen LogP contribution >= 0.6 is 12.2 Å². The fraction of sp³-hybridized carbons (Fsp3) is 0.556. The number of H-pyrrole nitrogens is 1. The summed E-state index contributed by atoms with van der Waals surface area (Å²) in [5, 5.41) is 18.4. The molecule has 4 atom stereocenters. The number of aromatic nitrogens is 2. The third kappa shape index (κ3) is 2.16. The second-order valence-electron chi connectivity index (χ2n) is 3.70. The molecule has 8 heteroatoms. The molecule has 94 valence electrons.